The first-order valence-corrected chi connectivity index (χ1v) is 6.75. The maximum absolute atomic E-state index is 5.85. The first kappa shape index (κ1) is 12.0. The Morgan fingerprint density at radius 3 is 2.69 bits per heavy atom. The van der Waals surface area contributed by atoms with Crippen LogP contribution in [0.5, 0.6) is 0 Å². The highest BCUT2D eigenvalue weighted by Gasteiger charge is 2.09. The minimum Gasteiger partial charge on any atom is -0.314 e. The van der Waals surface area contributed by atoms with Crippen LogP contribution < -0.4 is 5.32 Å². The highest BCUT2D eigenvalue weighted by atomic mass is 79.9. The lowest BCUT2D eigenvalue weighted by Gasteiger charge is -1.96. The van der Waals surface area contributed by atoms with Gasteiger partial charge in [0.05, 0.1) is 9.48 Å². The summed E-state index contributed by atoms with van der Waals surface area (Å²) in [6.07, 6.45) is 0. The number of rotatable bonds is 3. The van der Waals surface area contributed by atoms with E-state index in [4.69, 9.17) is 11.6 Å². The van der Waals surface area contributed by atoms with Crippen LogP contribution in [0, 0.1) is 0 Å². The molecule has 2 nitrogen and oxygen atoms in total. The Morgan fingerprint density at radius 1 is 1.38 bits per heavy atom. The average Bonchev–Trinajstić information content (AvgIpc) is 2.62. The van der Waals surface area contributed by atoms with Gasteiger partial charge in [-0.2, -0.15) is 0 Å². The Labute approximate surface area is 112 Å². The molecule has 5 heteroatoms. The maximum atomic E-state index is 5.85. The van der Waals surface area contributed by atoms with Gasteiger partial charge in [0.1, 0.15) is 5.01 Å². The van der Waals surface area contributed by atoms with Crippen molar-refractivity contribution in [1.29, 1.82) is 0 Å². The van der Waals surface area contributed by atoms with Crippen molar-refractivity contribution in [2.24, 2.45) is 0 Å². The van der Waals surface area contributed by atoms with Crippen LogP contribution in [0.25, 0.3) is 10.6 Å². The van der Waals surface area contributed by atoms with E-state index in [1.165, 1.54) is 0 Å². The zero-order valence-corrected chi connectivity index (χ0v) is 11.8. The monoisotopic (exact) mass is 316 g/mol. The zero-order valence-electron chi connectivity index (χ0n) is 8.63. The Hall–Kier alpha value is -0.420. The fourth-order valence-electron chi connectivity index (χ4n) is 1.33. The normalized spacial score (nSPS) is 10.7. The highest BCUT2D eigenvalue weighted by molar-refractivity contribution is 9.11. The molecule has 0 amide bonds. The highest BCUT2D eigenvalue weighted by Crippen LogP contribution is 2.32. The topological polar surface area (TPSA) is 24.9 Å². The molecule has 0 unspecified atom stereocenters. The molecule has 16 heavy (non-hydrogen) atoms. The predicted molar refractivity (Wildman–Crippen MR) is 73.0 cm³/mol. The minimum absolute atomic E-state index is 0.745. The van der Waals surface area contributed by atoms with Gasteiger partial charge in [-0.25, -0.2) is 4.98 Å². The second kappa shape index (κ2) is 5.27. The van der Waals surface area contributed by atoms with Crippen molar-refractivity contribution in [1.82, 2.24) is 10.3 Å². The van der Waals surface area contributed by atoms with E-state index in [9.17, 15) is 0 Å². The van der Waals surface area contributed by atoms with Gasteiger partial charge < -0.3 is 5.32 Å². The molecule has 0 bridgehead atoms. The van der Waals surface area contributed by atoms with E-state index < -0.39 is 0 Å². The van der Waals surface area contributed by atoms with Gasteiger partial charge in [0, 0.05) is 17.1 Å². The molecule has 0 aliphatic rings. The molecule has 0 atom stereocenters. The van der Waals surface area contributed by atoms with E-state index in [0.717, 1.165) is 31.6 Å². The molecular weight excluding hydrogens is 308 g/mol. The number of aromatic nitrogens is 1. The molecule has 0 radical (unpaired) electrons. The van der Waals surface area contributed by atoms with Crippen LogP contribution in [0.3, 0.4) is 0 Å². The molecular formula is C11H10BrClN2S. The maximum Gasteiger partial charge on any atom is 0.124 e. The van der Waals surface area contributed by atoms with Crippen LogP contribution in [-0.2, 0) is 6.54 Å². The molecule has 1 aromatic carbocycles. The molecule has 0 aliphatic heterocycles. The van der Waals surface area contributed by atoms with Gasteiger partial charge >= 0.3 is 0 Å². The summed E-state index contributed by atoms with van der Waals surface area (Å²) in [6.45, 7) is 0.769. The lowest BCUT2D eigenvalue weighted by Crippen LogP contribution is -2.05. The lowest BCUT2D eigenvalue weighted by molar-refractivity contribution is 0.795. The number of hydrogen-bond donors (Lipinski definition) is 1. The number of nitrogens with zero attached hydrogens (tertiary/aromatic N) is 1. The predicted octanol–water partition coefficient (Wildman–Crippen LogP) is 3.95. The fraction of sp³-hybridized carbons (Fsp3) is 0.182. The third-order valence-electron chi connectivity index (χ3n) is 2.09. The van der Waals surface area contributed by atoms with E-state index in [2.05, 4.69) is 26.2 Å². The zero-order chi connectivity index (χ0) is 11.5. The molecule has 0 fully saturated rings. The first-order chi connectivity index (χ1) is 7.70. The number of benzene rings is 1. The van der Waals surface area contributed by atoms with Crippen LogP contribution in [0.4, 0.5) is 0 Å². The number of hydrogen-bond acceptors (Lipinski definition) is 3. The van der Waals surface area contributed by atoms with Crippen molar-refractivity contribution in [3.8, 4) is 10.6 Å². The van der Waals surface area contributed by atoms with Crippen LogP contribution in [0.2, 0.25) is 5.02 Å². The number of halogens is 2. The smallest absolute Gasteiger partial charge is 0.124 e. The molecule has 0 spiro atoms. The van der Waals surface area contributed by atoms with Crippen molar-refractivity contribution in [2.75, 3.05) is 7.05 Å². The van der Waals surface area contributed by atoms with E-state index in [1.807, 2.05) is 31.3 Å². The summed E-state index contributed by atoms with van der Waals surface area (Å²) in [5.41, 5.74) is 2.13. The average molecular weight is 318 g/mol. The van der Waals surface area contributed by atoms with Crippen LogP contribution in [-0.4, -0.2) is 12.0 Å². The summed E-state index contributed by atoms with van der Waals surface area (Å²) in [6, 6.07) is 7.72. The summed E-state index contributed by atoms with van der Waals surface area (Å²) < 4.78 is 1.08. The van der Waals surface area contributed by atoms with Crippen LogP contribution in [0.1, 0.15) is 5.69 Å². The molecule has 1 N–H and O–H groups in total. The van der Waals surface area contributed by atoms with Gasteiger partial charge in [-0.3, -0.25) is 0 Å². The Morgan fingerprint density at radius 2 is 2.06 bits per heavy atom. The number of nitrogens with one attached hydrogen (secondary N) is 1. The summed E-state index contributed by atoms with van der Waals surface area (Å²) in [4.78, 5) is 4.57. The molecule has 2 aromatic rings. The van der Waals surface area contributed by atoms with E-state index in [-0.39, 0.29) is 0 Å². The van der Waals surface area contributed by atoms with E-state index >= 15 is 0 Å². The summed E-state index contributed by atoms with van der Waals surface area (Å²) in [5.74, 6) is 0. The molecule has 0 aliphatic carbocycles. The SMILES string of the molecule is CNCc1nc(-c2ccc(Cl)cc2)sc1Br. The van der Waals surface area contributed by atoms with Crippen molar-refractivity contribution >= 4 is 38.9 Å². The van der Waals surface area contributed by atoms with Crippen LogP contribution in [0.15, 0.2) is 28.1 Å². The third kappa shape index (κ3) is 2.63. The Bertz CT molecular complexity index is 481. The quantitative estimate of drug-likeness (QED) is 0.927. The second-order valence-corrected chi connectivity index (χ2v) is 6.03. The van der Waals surface area contributed by atoms with Gasteiger partial charge in [0.2, 0.25) is 0 Å². The summed E-state index contributed by atoms with van der Waals surface area (Å²) in [5, 5.41) is 4.85. The third-order valence-corrected chi connectivity index (χ3v) is 4.22. The molecule has 0 saturated heterocycles. The van der Waals surface area contributed by atoms with Gasteiger partial charge in [-0.05, 0) is 35.1 Å². The summed E-state index contributed by atoms with van der Waals surface area (Å²) >= 11 is 11.0. The van der Waals surface area contributed by atoms with E-state index in [0.29, 0.717) is 0 Å². The van der Waals surface area contributed by atoms with Gasteiger partial charge in [-0.15, -0.1) is 11.3 Å². The number of thiazole rings is 1. The Balaban J connectivity index is 2.33. The molecule has 84 valence electrons. The van der Waals surface area contributed by atoms with Gasteiger partial charge in [-0.1, -0.05) is 23.7 Å². The molecule has 1 aromatic heterocycles. The minimum atomic E-state index is 0.745. The van der Waals surface area contributed by atoms with E-state index in [1.54, 1.807) is 11.3 Å². The first-order valence-electron chi connectivity index (χ1n) is 4.76. The van der Waals surface area contributed by atoms with Crippen molar-refractivity contribution in [2.45, 2.75) is 6.54 Å². The molecule has 0 saturated carbocycles. The van der Waals surface area contributed by atoms with Crippen molar-refractivity contribution < 1.29 is 0 Å². The Kier molecular flexibility index (Phi) is 3.97. The van der Waals surface area contributed by atoms with Gasteiger partial charge in [0.15, 0.2) is 0 Å². The van der Waals surface area contributed by atoms with Crippen molar-refractivity contribution in [3.05, 3.63) is 38.8 Å². The largest absolute Gasteiger partial charge is 0.314 e. The fourth-order valence-corrected chi connectivity index (χ4v) is 2.96. The molecule has 1 heterocycles. The van der Waals surface area contributed by atoms with Crippen molar-refractivity contribution in [3.63, 3.8) is 0 Å². The lowest BCUT2D eigenvalue weighted by atomic mass is 10.2. The molecule has 2 rings (SSSR count). The summed E-state index contributed by atoms with van der Waals surface area (Å²) in [7, 11) is 1.91. The van der Waals surface area contributed by atoms with Crippen LogP contribution >= 0.6 is 38.9 Å². The second-order valence-electron chi connectivity index (χ2n) is 3.28. The standard InChI is InChI=1S/C11H10BrClN2S/c1-14-6-9-10(12)16-11(15-9)7-2-4-8(13)5-3-7/h2-5,14H,6H2,1H3. The van der Waals surface area contributed by atoms with Gasteiger partial charge in [0.25, 0.3) is 0 Å².